The van der Waals surface area contributed by atoms with E-state index in [0.717, 1.165) is 18.0 Å². The third-order valence-electron chi connectivity index (χ3n) is 4.23. The number of fused-ring (bicyclic) bond motifs is 1. The van der Waals surface area contributed by atoms with Crippen molar-refractivity contribution in [3.8, 4) is 5.75 Å². The average Bonchev–Trinajstić information content (AvgIpc) is 3.04. The van der Waals surface area contributed by atoms with E-state index in [1.165, 1.54) is 47.4 Å². The number of ether oxygens (including phenoxy) is 1. The van der Waals surface area contributed by atoms with Gasteiger partial charge in [0.2, 0.25) is 0 Å². The molecule has 114 valence electrons. The number of hydrogen-bond acceptors (Lipinski definition) is 4. The fourth-order valence-electron chi connectivity index (χ4n) is 3.08. The zero-order valence-electron chi connectivity index (χ0n) is 12.8. The molecule has 0 radical (unpaired) electrons. The van der Waals surface area contributed by atoms with Crippen LogP contribution >= 0.6 is 11.3 Å². The van der Waals surface area contributed by atoms with E-state index < -0.39 is 0 Å². The van der Waals surface area contributed by atoms with E-state index in [1.54, 1.807) is 13.3 Å². The SMILES string of the molecule is CCn1ncc(OC)c1C(N)c1cc2c(s1)CCCCC2. The molecule has 1 aliphatic rings. The zero-order valence-corrected chi connectivity index (χ0v) is 13.6. The van der Waals surface area contributed by atoms with Crippen LogP contribution < -0.4 is 10.5 Å². The number of aryl methyl sites for hydroxylation is 3. The molecular formula is C16H23N3OS. The molecule has 1 aliphatic carbocycles. The zero-order chi connectivity index (χ0) is 14.8. The molecular weight excluding hydrogens is 282 g/mol. The van der Waals surface area contributed by atoms with E-state index >= 15 is 0 Å². The van der Waals surface area contributed by atoms with Crippen LogP contribution in [0.4, 0.5) is 0 Å². The van der Waals surface area contributed by atoms with Crippen molar-refractivity contribution in [1.29, 1.82) is 0 Å². The minimum Gasteiger partial charge on any atom is -0.493 e. The molecule has 0 saturated heterocycles. The van der Waals surface area contributed by atoms with Crippen LogP contribution in [0.1, 0.15) is 53.2 Å². The topological polar surface area (TPSA) is 53.1 Å². The number of aromatic nitrogens is 2. The number of thiophene rings is 1. The first-order chi connectivity index (χ1) is 10.2. The Hall–Kier alpha value is -1.33. The predicted molar refractivity (Wildman–Crippen MR) is 86.1 cm³/mol. The lowest BCUT2D eigenvalue weighted by Gasteiger charge is -2.13. The Morgan fingerprint density at radius 2 is 2.19 bits per heavy atom. The molecule has 3 rings (SSSR count). The highest BCUT2D eigenvalue weighted by Gasteiger charge is 2.23. The van der Waals surface area contributed by atoms with Gasteiger partial charge in [0.15, 0.2) is 5.75 Å². The van der Waals surface area contributed by atoms with E-state index in [1.807, 2.05) is 16.0 Å². The summed E-state index contributed by atoms with van der Waals surface area (Å²) in [4.78, 5) is 2.76. The van der Waals surface area contributed by atoms with Crippen LogP contribution in [0.5, 0.6) is 5.75 Å². The second-order valence-corrected chi connectivity index (χ2v) is 6.72. The lowest BCUT2D eigenvalue weighted by molar-refractivity contribution is 0.405. The molecule has 21 heavy (non-hydrogen) atoms. The van der Waals surface area contributed by atoms with E-state index in [-0.39, 0.29) is 6.04 Å². The largest absolute Gasteiger partial charge is 0.493 e. The molecule has 2 aromatic rings. The van der Waals surface area contributed by atoms with Crippen molar-refractivity contribution in [2.24, 2.45) is 5.73 Å². The molecule has 0 bridgehead atoms. The molecule has 5 heteroatoms. The second-order valence-electron chi connectivity index (χ2n) is 5.55. The Morgan fingerprint density at radius 1 is 1.38 bits per heavy atom. The van der Waals surface area contributed by atoms with Crippen molar-refractivity contribution in [2.45, 2.75) is 51.6 Å². The molecule has 0 aliphatic heterocycles. The molecule has 1 atom stereocenters. The Balaban J connectivity index is 1.95. The van der Waals surface area contributed by atoms with Crippen LogP contribution in [0.3, 0.4) is 0 Å². The third-order valence-corrected chi connectivity index (χ3v) is 5.55. The summed E-state index contributed by atoms with van der Waals surface area (Å²) >= 11 is 1.87. The van der Waals surface area contributed by atoms with Gasteiger partial charge in [-0.05, 0) is 44.2 Å². The quantitative estimate of drug-likeness (QED) is 0.882. The highest BCUT2D eigenvalue weighted by molar-refractivity contribution is 7.12. The van der Waals surface area contributed by atoms with Gasteiger partial charge in [-0.15, -0.1) is 11.3 Å². The number of methoxy groups -OCH3 is 1. The van der Waals surface area contributed by atoms with Crippen molar-refractivity contribution in [1.82, 2.24) is 9.78 Å². The van der Waals surface area contributed by atoms with Gasteiger partial charge in [-0.1, -0.05) is 6.42 Å². The molecule has 0 saturated carbocycles. The molecule has 0 aromatic carbocycles. The summed E-state index contributed by atoms with van der Waals surface area (Å²) < 4.78 is 7.37. The van der Waals surface area contributed by atoms with Crippen LogP contribution in [0.25, 0.3) is 0 Å². The molecule has 2 aromatic heterocycles. The van der Waals surface area contributed by atoms with E-state index in [0.29, 0.717) is 0 Å². The molecule has 2 heterocycles. The number of hydrogen-bond donors (Lipinski definition) is 1. The maximum Gasteiger partial charge on any atom is 0.161 e. The molecule has 0 amide bonds. The first-order valence-electron chi connectivity index (χ1n) is 7.71. The average molecular weight is 305 g/mol. The standard InChI is InChI=1S/C16H23N3OS/c1-3-19-16(12(20-2)10-18-19)15(17)14-9-11-7-5-4-6-8-13(11)21-14/h9-10,15H,3-8,17H2,1-2H3. The van der Waals surface area contributed by atoms with Crippen molar-refractivity contribution in [3.63, 3.8) is 0 Å². The Bertz CT molecular complexity index is 572. The van der Waals surface area contributed by atoms with Gasteiger partial charge in [-0.3, -0.25) is 4.68 Å². The summed E-state index contributed by atoms with van der Waals surface area (Å²) in [6.07, 6.45) is 8.11. The Labute approximate surface area is 129 Å². The predicted octanol–water partition coefficient (Wildman–Crippen LogP) is 3.29. The van der Waals surface area contributed by atoms with Gasteiger partial charge >= 0.3 is 0 Å². The van der Waals surface area contributed by atoms with E-state index in [2.05, 4.69) is 18.1 Å². The third kappa shape index (κ3) is 2.72. The van der Waals surface area contributed by atoms with Crippen molar-refractivity contribution < 1.29 is 4.74 Å². The number of rotatable bonds is 4. The lowest BCUT2D eigenvalue weighted by Crippen LogP contribution is -2.17. The normalized spacial score (nSPS) is 16.3. The molecule has 1 unspecified atom stereocenters. The Kier molecular flexibility index (Phi) is 4.31. The van der Waals surface area contributed by atoms with Crippen molar-refractivity contribution >= 4 is 11.3 Å². The summed E-state index contributed by atoms with van der Waals surface area (Å²) in [5.74, 6) is 0.785. The van der Waals surface area contributed by atoms with Gasteiger partial charge in [0.1, 0.15) is 5.69 Å². The summed E-state index contributed by atoms with van der Waals surface area (Å²) in [6, 6.07) is 2.15. The monoisotopic (exact) mass is 305 g/mol. The van der Waals surface area contributed by atoms with E-state index in [4.69, 9.17) is 10.5 Å². The smallest absolute Gasteiger partial charge is 0.161 e. The van der Waals surface area contributed by atoms with E-state index in [9.17, 15) is 0 Å². The van der Waals surface area contributed by atoms with Gasteiger partial charge in [-0.25, -0.2) is 0 Å². The van der Waals surface area contributed by atoms with Crippen molar-refractivity contribution in [3.05, 3.63) is 33.3 Å². The van der Waals surface area contributed by atoms with Crippen LogP contribution in [0.2, 0.25) is 0 Å². The van der Waals surface area contributed by atoms with Crippen LogP contribution in [-0.2, 0) is 19.4 Å². The fourth-order valence-corrected chi connectivity index (χ4v) is 4.34. The Morgan fingerprint density at radius 3 is 2.95 bits per heavy atom. The summed E-state index contributed by atoms with van der Waals surface area (Å²) in [6.45, 7) is 2.88. The van der Waals surface area contributed by atoms with Crippen molar-refractivity contribution in [2.75, 3.05) is 7.11 Å². The van der Waals surface area contributed by atoms with Gasteiger partial charge in [0.25, 0.3) is 0 Å². The molecule has 4 nitrogen and oxygen atoms in total. The minimum atomic E-state index is -0.153. The highest BCUT2D eigenvalue weighted by atomic mass is 32.1. The van der Waals surface area contributed by atoms with Gasteiger partial charge in [0, 0.05) is 16.3 Å². The number of nitrogens with zero attached hydrogens (tertiary/aromatic N) is 2. The molecule has 0 fully saturated rings. The first-order valence-corrected chi connectivity index (χ1v) is 8.53. The number of nitrogens with two attached hydrogens (primary N) is 1. The fraction of sp³-hybridized carbons (Fsp3) is 0.562. The summed E-state index contributed by atoms with van der Waals surface area (Å²) in [5.41, 5.74) is 9.02. The van der Waals surface area contributed by atoms with Crippen LogP contribution in [0, 0.1) is 0 Å². The van der Waals surface area contributed by atoms with Gasteiger partial charge in [0.05, 0.1) is 19.3 Å². The first kappa shape index (κ1) is 14.6. The minimum absolute atomic E-state index is 0.153. The van der Waals surface area contributed by atoms with Crippen LogP contribution in [-0.4, -0.2) is 16.9 Å². The highest BCUT2D eigenvalue weighted by Crippen LogP contribution is 2.36. The summed E-state index contributed by atoms with van der Waals surface area (Å²) in [5, 5.41) is 4.37. The molecule has 2 N–H and O–H groups in total. The maximum absolute atomic E-state index is 6.53. The maximum atomic E-state index is 6.53. The van der Waals surface area contributed by atoms with Gasteiger partial charge < -0.3 is 10.5 Å². The summed E-state index contributed by atoms with van der Waals surface area (Å²) in [7, 11) is 1.68. The molecule has 0 spiro atoms. The van der Waals surface area contributed by atoms with Gasteiger partial charge in [-0.2, -0.15) is 5.10 Å². The lowest BCUT2D eigenvalue weighted by atomic mass is 10.1. The van der Waals surface area contributed by atoms with Crippen LogP contribution in [0.15, 0.2) is 12.3 Å². The second kappa shape index (κ2) is 6.20.